The van der Waals surface area contributed by atoms with Gasteiger partial charge in [0.2, 0.25) is 0 Å². The number of unbranched alkanes of at least 4 members (excludes halogenated alkanes) is 1. The van der Waals surface area contributed by atoms with Gasteiger partial charge in [-0.2, -0.15) is 0 Å². The molecule has 4 rings (SSSR count). The van der Waals surface area contributed by atoms with Crippen LogP contribution in [0, 0.1) is 0 Å². The Bertz CT molecular complexity index is 830. The van der Waals surface area contributed by atoms with E-state index in [0.717, 1.165) is 19.4 Å². The summed E-state index contributed by atoms with van der Waals surface area (Å²) < 4.78 is 20.5. The van der Waals surface area contributed by atoms with Gasteiger partial charge in [-0.15, -0.1) is 0 Å². The maximum absolute atomic E-state index is 6.32. The minimum Gasteiger partial charge on any atom is -0.382 e. The third-order valence-corrected chi connectivity index (χ3v) is 5.08. The number of anilines is 1. The van der Waals surface area contributed by atoms with E-state index < -0.39 is 12.0 Å². The highest BCUT2D eigenvalue weighted by Crippen LogP contribution is 2.43. The van der Waals surface area contributed by atoms with Crippen LogP contribution in [0.15, 0.2) is 12.7 Å². The zero-order valence-corrected chi connectivity index (χ0v) is 16.9. The van der Waals surface area contributed by atoms with Crippen LogP contribution in [0.3, 0.4) is 0 Å². The molecule has 2 unspecified atom stereocenters. The summed E-state index contributed by atoms with van der Waals surface area (Å²) in [5.41, 5.74) is 7.08. The molecule has 0 amide bonds. The lowest BCUT2D eigenvalue weighted by atomic mass is 10.1. The molecule has 2 saturated heterocycles. The Labute approximate surface area is 168 Å². The Hall–Kier alpha value is -1.89. The first-order valence-corrected chi connectivity index (χ1v) is 9.80. The number of nitrogens with two attached hydrogens (primary N) is 1. The number of hydrogen-bond donors (Lipinski definition) is 2. The maximum atomic E-state index is 6.32. The highest BCUT2D eigenvalue weighted by molar-refractivity contribution is 5.81. The van der Waals surface area contributed by atoms with Crippen LogP contribution in [-0.2, 0) is 24.0 Å². The molecule has 4 atom stereocenters. The SMILES string of the molecule is COOCCCCNCC1OC(n2cnc3c(N)ncnc32)[C@@H]2OC(C)(C)O[C@H]12. The molecule has 11 heteroatoms. The van der Waals surface area contributed by atoms with Crippen molar-refractivity contribution >= 4 is 17.0 Å². The van der Waals surface area contributed by atoms with E-state index in [1.54, 1.807) is 6.33 Å². The van der Waals surface area contributed by atoms with Crippen molar-refractivity contribution in [1.29, 1.82) is 0 Å². The molecule has 160 valence electrons. The number of ether oxygens (including phenoxy) is 3. The Morgan fingerprint density at radius 1 is 1.21 bits per heavy atom. The van der Waals surface area contributed by atoms with E-state index >= 15 is 0 Å². The van der Waals surface area contributed by atoms with Crippen LogP contribution in [0.5, 0.6) is 0 Å². The minimum absolute atomic E-state index is 0.168. The Kier molecular flexibility index (Phi) is 5.95. The number of nitrogen functional groups attached to an aromatic ring is 1. The smallest absolute Gasteiger partial charge is 0.167 e. The van der Waals surface area contributed by atoms with Gasteiger partial charge < -0.3 is 25.3 Å². The lowest BCUT2D eigenvalue weighted by Crippen LogP contribution is -2.37. The van der Waals surface area contributed by atoms with E-state index in [9.17, 15) is 0 Å². The first-order valence-electron chi connectivity index (χ1n) is 9.80. The largest absolute Gasteiger partial charge is 0.382 e. The molecule has 2 aromatic heterocycles. The molecule has 11 nitrogen and oxygen atoms in total. The van der Waals surface area contributed by atoms with Gasteiger partial charge in [-0.05, 0) is 33.2 Å². The van der Waals surface area contributed by atoms with Gasteiger partial charge >= 0.3 is 0 Å². The highest BCUT2D eigenvalue weighted by atomic mass is 17.2. The van der Waals surface area contributed by atoms with Crippen LogP contribution in [0.2, 0.25) is 0 Å². The lowest BCUT2D eigenvalue weighted by Gasteiger charge is -2.25. The molecular formula is C18H28N6O5. The molecule has 2 aliphatic heterocycles. The van der Waals surface area contributed by atoms with Crippen LogP contribution < -0.4 is 11.1 Å². The normalized spacial score (nSPS) is 28.2. The van der Waals surface area contributed by atoms with Crippen molar-refractivity contribution < 1.29 is 24.0 Å². The van der Waals surface area contributed by atoms with E-state index in [1.165, 1.54) is 13.4 Å². The summed E-state index contributed by atoms with van der Waals surface area (Å²) in [4.78, 5) is 22.1. The van der Waals surface area contributed by atoms with Crippen molar-refractivity contribution in [2.45, 2.75) is 57.0 Å². The van der Waals surface area contributed by atoms with Crippen molar-refractivity contribution in [3.8, 4) is 0 Å². The molecule has 2 aromatic rings. The van der Waals surface area contributed by atoms with E-state index in [1.807, 2.05) is 18.4 Å². The molecule has 2 fully saturated rings. The van der Waals surface area contributed by atoms with Crippen molar-refractivity contribution in [3.05, 3.63) is 12.7 Å². The quantitative estimate of drug-likeness (QED) is 0.349. The number of rotatable bonds is 9. The average Bonchev–Trinajstić information content (AvgIpc) is 3.33. The summed E-state index contributed by atoms with van der Waals surface area (Å²) in [5, 5.41) is 3.43. The number of nitrogens with zero attached hydrogens (tertiary/aromatic N) is 4. The fourth-order valence-electron chi connectivity index (χ4n) is 3.84. The standard InChI is InChI=1S/C18H28N6O5/c1-18(2)28-13-11(8-20-6-4-5-7-26-25-3)27-17(14(13)29-18)24-10-23-12-15(19)21-9-22-16(12)24/h9-11,13-14,17,20H,4-8H2,1-3H3,(H2,19,21,22)/t11?,13-,14-,17?/m1/s1. The van der Waals surface area contributed by atoms with Crippen molar-refractivity contribution in [2.75, 3.05) is 32.5 Å². The van der Waals surface area contributed by atoms with Gasteiger partial charge in [-0.3, -0.25) is 4.57 Å². The summed E-state index contributed by atoms with van der Waals surface area (Å²) in [7, 11) is 1.51. The topological polar surface area (TPSA) is 128 Å². The molecule has 0 aliphatic carbocycles. The highest BCUT2D eigenvalue weighted by Gasteiger charge is 2.55. The van der Waals surface area contributed by atoms with Gasteiger partial charge in [0.15, 0.2) is 23.5 Å². The number of fused-ring (bicyclic) bond motifs is 2. The first kappa shape index (κ1) is 20.4. The predicted octanol–water partition coefficient (Wildman–Crippen LogP) is 0.774. The van der Waals surface area contributed by atoms with Crippen molar-refractivity contribution in [3.63, 3.8) is 0 Å². The van der Waals surface area contributed by atoms with E-state index in [-0.39, 0.29) is 18.3 Å². The molecule has 0 spiro atoms. The monoisotopic (exact) mass is 408 g/mol. The summed E-state index contributed by atoms with van der Waals surface area (Å²) >= 11 is 0. The van der Waals surface area contributed by atoms with Crippen molar-refractivity contribution in [1.82, 2.24) is 24.8 Å². The fraction of sp³-hybridized carbons (Fsp3) is 0.722. The summed E-state index contributed by atoms with van der Waals surface area (Å²) in [6.45, 7) is 5.89. The lowest BCUT2D eigenvalue weighted by molar-refractivity contribution is -0.272. The second kappa shape index (κ2) is 8.46. The van der Waals surface area contributed by atoms with Gasteiger partial charge in [-0.25, -0.2) is 24.7 Å². The second-order valence-electron chi connectivity index (χ2n) is 7.61. The molecule has 0 bridgehead atoms. The molecule has 4 heterocycles. The summed E-state index contributed by atoms with van der Waals surface area (Å²) in [6, 6.07) is 0. The molecule has 2 aliphatic rings. The number of imidazole rings is 1. The first-order chi connectivity index (χ1) is 14.0. The molecule has 29 heavy (non-hydrogen) atoms. The second-order valence-corrected chi connectivity index (χ2v) is 7.61. The zero-order valence-electron chi connectivity index (χ0n) is 16.9. The Morgan fingerprint density at radius 3 is 2.86 bits per heavy atom. The fourth-order valence-corrected chi connectivity index (χ4v) is 3.84. The van der Waals surface area contributed by atoms with Gasteiger partial charge in [0.25, 0.3) is 0 Å². The maximum Gasteiger partial charge on any atom is 0.167 e. The van der Waals surface area contributed by atoms with E-state index in [0.29, 0.717) is 30.1 Å². The number of hydrogen-bond acceptors (Lipinski definition) is 10. The van der Waals surface area contributed by atoms with Gasteiger partial charge in [-0.1, -0.05) is 0 Å². The molecular weight excluding hydrogens is 380 g/mol. The van der Waals surface area contributed by atoms with Crippen LogP contribution in [0.4, 0.5) is 5.82 Å². The number of nitrogens with one attached hydrogen (secondary N) is 1. The van der Waals surface area contributed by atoms with E-state index in [2.05, 4.69) is 25.2 Å². The predicted molar refractivity (Wildman–Crippen MR) is 103 cm³/mol. The Morgan fingerprint density at radius 2 is 2.03 bits per heavy atom. The zero-order chi connectivity index (χ0) is 20.4. The summed E-state index contributed by atoms with van der Waals surface area (Å²) in [6.07, 6.45) is 3.91. The van der Waals surface area contributed by atoms with Gasteiger partial charge in [0.05, 0.1) is 20.0 Å². The molecule has 3 N–H and O–H groups in total. The number of aromatic nitrogens is 4. The molecule has 0 radical (unpaired) electrons. The molecule has 0 saturated carbocycles. The third kappa shape index (κ3) is 4.20. The van der Waals surface area contributed by atoms with Crippen LogP contribution in [0.25, 0.3) is 11.2 Å². The van der Waals surface area contributed by atoms with Gasteiger partial charge in [0, 0.05) is 6.54 Å². The Balaban J connectivity index is 1.44. The van der Waals surface area contributed by atoms with Gasteiger partial charge in [0.1, 0.15) is 30.2 Å². The third-order valence-electron chi connectivity index (χ3n) is 5.08. The van der Waals surface area contributed by atoms with Crippen molar-refractivity contribution in [2.24, 2.45) is 0 Å². The van der Waals surface area contributed by atoms with Crippen LogP contribution in [0.1, 0.15) is 32.9 Å². The average molecular weight is 408 g/mol. The minimum atomic E-state index is -0.683. The van der Waals surface area contributed by atoms with Crippen LogP contribution >= 0.6 is 0 Å². The van der Waals surface area contributed by atoms with E-state index in [4.69, 9.17) is 24.8 Å². The molecule has 0 aromatic carbocycles. The summed E-state index contributed by atoms with van der Waals surface area (Å²) in [5.74, 6) is -0.347. The van der Waals surface area contributed by atoms with Crippen LogP contribution in [-0.4, -0.2) is 70.4 Å².